The maximum atomic E-state index is 12.3. The Morgan fingerprint density at radius 2 is 1.95 bits per heavy atom. The summed E-state index contributed by atoms with van der Waals surface area (Å²) in [5.41, 5.74) is 1.97. The predicted molar refractivity (Wildman–Crippen MR) is 92.2 cm³/mol. The van der Waals surface area contributed by atoms with Crippen LogP contribution in [0.5, 0.6) is 0 Å². The molecule has 0 aliphatic heterocycles. The quantitative estimate of drug-likeness (QED) is 0.760. The average Bonchev–Trinajstić information content (AvgIpc) is 3.02. The summed E-state index contributed by atoms with van der Waals surface area (Å²) in [5.74, 6) is -0.0179. The summed E-state index contributed by atoms with van der Waals surface area (Å²) < 4.78 is 0. The number of amides is 1. The van der Waals surface area contributed by atoms with Gasteiger partial charge in [-0.2, -0.15) is 0 Å². The van der Waals surface area contributed by atoms with Crippen LogP contribution in [0.3, 0.4) is 0 Å². The van der Waals surface area contributed by atoms with E-state index in [-0.39, 0.29) is 17.9 Å². The molecule has 1 heterocycles. The molecule has 0 aliphatic rings. The molecule has 0 unspecified atom stereocenters. The zero-order chi connectivity index (χ0) is 16.0. The predicted octanol–water partition coefficient (Wildman–Crippen LogP) is 3.94. The molecule has 0 radical (unpaired) electrons. The number of carbonyl (C=O) groups is 1. The van der Waals surface area contributed by atoms with Crippen molar-refractivity contribution in [1.29, 1.82) is 0 Å². The standard InChI is InChI=1S/C18H23NO2S/c1-18(2,13-20)10-6-11-19-17(21)16-15(9-12-22-16)14-7-4-3-5-8-14/h3-5,7-9,12,20H,6,10-11,13H2,1-2H3,(H,19,21). The van der Waals surface area contributed by atoms with Crippen molar-refractivity contribution in [1.82, 2.24) is 5.32 Å². The number of rotatable bonds is 7. The first kappa shape index (κ1) is 16.7. The fourth-order valence-electron chi connectivity index (χ4n) is 2.26. The van der Waals surface area contributed by atoms with Gasteiger partial charge in [0.05, 0.1) is 4.88 Å². The average molecular weight is 317 g/mol. The fourth-order valence-corrected chi connectivity index (χ4v) is 3.09. The molecule has 2 N–H and O–H groups in total. The lowest BCUT2D eigenvalue weighted by Gasteiger charge is -2.21. The topological polar surface area (TPSA) is 49.3 Å². The number of hydrogen-bond donors (Lipinski definition) is 2. The largest absolute Gasteiger partial charge is 0.396 e. The molecule has 1 aromatic carbocycles. The molecule has 0 fully saturated rings. The van der Waals surface area contributed by atoms with E-state index in [4.69, 9.17) is 0 Å². The normalized spacial score (nSPS) is 11.4. The first-order valence-corrected chi connectivity index (χ1v) is 8.43. The monoisotopic (exact) mass is 317 g/mol. The van der Waals surface area contributed by atoms with Crippen LogP contribution < -0.4 is 5.32 Å². The van der Waals surface area contributed by atoms with Crippen molar-refractivity contribution in [2.75, 3.05) is 13.2 Å². The molecule has 0 aliphatic carbocycles. The van der Waals surface area contributed by atoms with Gasteiger partial charge in [0.15, 0.2) is 0 Å². The van der Waals surface area contributed by atoms with Gasteiger partial charge in [-0.15, -0.1) is 11.3 Å². The lowest BCUT2D eigenvalue weighted by atomic mass is 9.89. The van der Waals surface area contributed by atoms with E-state index in [2.05, 4.69) is 5.32 Å². The lowest BCUT2D eigenvalue weighted by Crippen LogP contribution is -2.26. The third-order valence-corrected chi connectivity index (χ3v) is 4.61. The third-order valence-electron chi connectivity index (χ3n) is 3.70. The van der Waals surface area contributed by atoms with Gasteiger partial charge in [0.2, 0.25) is 0 Å². The van der Waals surface area contributed by atoms with Gasteiger partial charge in [0.25, 0.3) is 5.91 Å². The van der Waals surface area contributed by atoms with Crippen molar-refractivity contribution in [3.63, 3.8) is 0 Å². The van der Waals surface area contributed by atoms with Gasteiger partial charge in [-0.25, -0.2) is 0 Å². The fraction of sp³-hybridized carbons (Fsp3) is 0.389. The van der Waals surface area contributed by atoms with Crippen LogP contribution in [0.4, 0.5) is 0 Å². The van der Waals surface area contributed by atoms with Gasteiger partial charge in [-0.05, 0) is 35.3 Å². The second-order valence-electron chi connectivity index (χ2n) is 6.21. The first-order valence-electron chi connectivity index (χ1n) is 7.55. The number of thiophene rings is 1. The molecule has 1 amide bonds. The number of aliphatic hydroxyl groups excluding tert-OH is 1. The second kappa shape index (κ2) is 7.56. The van der Waals surface area contributed by atoms with Crippen molar-refractivity contribution in [3.8, 4) is 11.1 Å². The Hall–Kier alpha value is -1.65. The molecule has 2 aromatic rings. The van der Waals surface area contributed by atoms with Crippen molar-refractivity contribution in [3.05, 3.63) is 46.7 Å². The van der Waals surface area contributed by atoms with Crippen LogP contribution in [0, 0.1) is 5.41 Å². The Bertz CT molecular complexity index is 605. The minimum atomic E-state index is -0.0805. The van der Waals surface area contributed by atoms with Gasteiger partial charge in [0.1, 0.15) is 0 Å². The van der Waals surface area contributed by atoms with Gasteiger partial charge >= 0.3 is 0 Å². The zero-order valence-electron chi connectivity index (χ0n) is 13.1. The van der Waals surface area contributed by atoms with Crippen molar-refractivity contribution in [2.24, 2.45) is 5.41 Å². The van der Waals surface area contributed by atoms with E-state index in [1.165, 1.54) is 11.3 Å². The molecule has 0 saturated carbocycles. The van der Waals surface area contributed by atoms with Crippen LogP contribution in [0.1, 0.15) is 36.4 Å². The zero-order valence-corrected chi connectivity index (χ0v) is 14.0. The third kappa shape index (κ3) is 4.42. The highest BCUT2D eigenvalue weighted by Crippen LogP contribution is 2.28. The molecule has 4 heteroatoms. The van der Waals surface area contributed by atoms with Gasteiger partial charge in [0, 0.05) is 18.7 Å². The Morgan fingerprint density at radius 1 is 1.23 bits per heavy atom. The van der Waals surface area contributed by atoms with Crippen molar-refractivity contribution >= 4 is 17.2 Å². The van der Waals surface area contributed by atoms with E-state index < -0.39 is 0 Å². The second-order valence-corrected chi connectivity index (χ2v) is 7.13. The number of aliphatic hydroxyl groups is 1. The summed E-state index contributed by atoms with van der Waals surface area (Å²) in [6.45, 7) is 4.86. The van der Waals surface area contributed by atoms with Gasteiger partial charge in [-0.1, -0.05) is 44.2 Å². The van der Waals surface area contributed by atoms with Crippen molar-refractivity contribution < 1.29 is 9.90 Å². The van der Waals surface area contributed by atoms with E-state index in [0.29, 0.717) is 6.54 Å². The first-order chi connectivity index (χ1) is 10.5. The summed E-state index contributed by atoms with van der Waals surface area (Å²) in [6, 6.07) is 11.9. The highest BCUT2D eigenvalue weighted by atomic mass is 32.1. The molecule has 22 heavy (non-hydrogen) atoms. The molecule has 0 atom stereocenters. The van der Waals surface area contributed by atoms with E-state index in [0.717, 1.165) is 28.8 Å². The van der Waals surface area contributed by atoms with E-state index in [9.17, 15) is 9.90 Å². The highest BCUT2D eigenvalue weighted by molar-refractivity contribution is 7.12. The van der Waals surface area contributed by atoms with E-state index in [1.807, 2.05) is 55.6 Å². The van der Waals surface area contributed by atoms with Crippen LogP contribution in [0.25, 0.3) is 11.1 Å². The Labute approximate surface area is 136 Å². The van der Waals surface area contributed by atoms with Crippen LogP contribution >= 0.6 is 11.3 Å². The van der Waals surface area contributed by atoms with Crippen LogP contribution in [0.15, 0.2) is 41.8 Å². The summed E-state index contributed by atoms with van der Waals surface area (Å²) in [7, 11) is 0. The maximum absolute atomic E-state index is 12.3. The lowest BCUT2D eigenvalue weighted by molar-refractivity contribution is 0.0953. The molecular formula is C18H23NO2S. The van der Waals surface area contributed by atoms with Crippen LogP contribution in [-0.2, 0) is 0 Å². The molecule has 2 rings (SSSR count). The Morgan fingerprint density at radius 3 is 2.64 bits per heavy atom. The number of nitrogens with one attached hydrogen (secondary N) is 1. The summed E-state index contributed by atoms with van der Waals surface area (Å²) in [4.78, 5) is 13.1. The molecule has 0 bridgehead atoms. The minimum absolute atomic E-state index is 0.0179. The highest BCUT2D eigenvalue weighted by Gasteiger charge is 2.17. The molecular weight excluding hydrogens is 294 g/mol. The molecule has 0 saturated heterocycles. The SMILES string of the molecule is CC(C)(CO)CCCNC(=O)c1sccc1-c1ccccc1. The number of hydrogen-bond acceptors (Lipinski definition) is 3. The Kier molecular flexibility index (Phi) is 5.75. The smallest absolute Gasteiger partial charge is 0.261 e. The van der Waals surface area contributed by atoms with Gasteiger partial charge in [-0.3, -0.25) is 4.79 Å². The summed E-state index contributed by atoms with van der Waals surface area (Å²) in [5, 5.41) is 14.2. The molecule has 118 valence electrons. The van der Waals surface area contributed by atoms with Gasteiger partial charge < -0.3 is 10.4 Å². The van der Waals surface area contributed by atoms with E-state index in [1.54, 1.807) is 0 Å². The number of benzene rings is 1. The van der Waals surface area contributed by atoms with Crippen LogP contribution in [0.2, 0.25) is 0 Å². The van der Waals surface area contributed by atoms with Crippen molar-refractivity contribution in [2.45, 2.75) is 26.7 Å². The molecule has 0 spiro atoms. The number of carbonyl (C=O) groups excluding carboxylic acids is 1. The maximum Gasteiger partial charge on any atom is 0.261 e. The molecule has 1 aromatic heterocycles. The summed E-state index contributed by atoms with van der Waals surface area (Å²) >= 11 is 1.47. The van der Waals surface area contributed by atoms with E-state index >= 15 is 0 Å². The summed E-state index contributed by atoms with van der Waals surface area (Å²) in [6.07, 6.45) is 1.76. The Balaban J connectivity index is 1.93. The van der Waals surface area contributed by atoms with Crippen LogP contribution in [-0.4, -0.2) is 24.2 Å². The minimum Gasteiger partial charge on any atom is -0.396 e. The molecule has 3 nitrogen and oxygen atoms in total.